The number of nitrogens with zero attached hydrogens (tertiary/aromatic N) is 3. The van der Waals surface area contributed by atoms with Crippen LogP contribution in [0, 0.1) is 13.8 Å². The first-order valence-corrected chi connectivity index (χ1v) is 9.51. The van der Waals surface area contributed by atoms with E-state index in [9.17, 15) is 9.59 Å². The monoisotopic (exact) mass is 368 g/mol. The Morgan fingerprint density at radius 2 is 2.12 bits per heavy atom. The maximum atomic E-state index is 12.8. The summed E-state index contributed by atoms with van der Waals surface area (Å²) in [6.45, 7) is 3.83. The van der Waals surface area contributed by atoms with Gasteiger partial charge in [0.15, 0.2) is 5.82 Å². The van der Waals surface area contributed by atoms with Crippen molar-refractivity contribution in [3.63, 3.8) is 0 Å². The van der Waals surface area contributed by atoms with Gasteiger partial charge in [-0.3, -0.25) is 9.36 Å². The van der Waals surface area contributed by atoms with Crippen LogP contribution in [-0.2, 0) is 11.3 Å². The molecule has 0 saturated heterocycles. The Balaban J connectivity index is 1.60. The highest BCUT2D eigenvalue weighted by atomic mass is 32.1. The SMILES string of the molecule is Cc1ccc(C)c(NC(=O)Cn2nc(-c3cccs3)n(C3CC3)c2=O)c1. The number of nitrogens with one attached hydrogen (secondary N) is 1. The van der Waals surface area contributed by atoms with Crippen LogP contribution in [0.1, 0.15) is 30.0 Å². The van der Waals surface area contributed by atoms with Gasteiger partial charge in [-0.05, 0) is 55.3 Å². The van der Waals surface area contributed by atoms with Gasteiger partial charge in [-0.25, -0.2) is 9.48 Å². The lowest BCUT2D eigenvalue weighted by Gasteiger charge is -2.09. The van der Waals surface area contributed by atoms with Gasteiger partial charge in [-0.1, -0.05) is 18.2 Å². The minimum absolute atomic E-state index is 0.0929. The summed E-state index contributed by atoms with van der Waals surface area (Å²) in [5.74, 6) is 0.408. The molecule has 1 fully saturated rings. The van der Waals surface area contributed by atoms with Crippen molar-refractivity contribution in [2.24, 2.45) is 0 Å². The topological polar surface area (TPSA) is 68.9 Å². The number of carbonyl (C=O) groups excluding carboxylic acids is 1. The molecular weight excluding hydrogens is 348 g/mol. The molecule has 4 rings (SSSR count). The zero-order chi connectivity index (χ0) is 18.3. The molecule has 1 saturated carbocycles. The Hall–Kier alpha value is -2.67. The van der Waals surface area contributed by atoms with Crippen LogP contribution in [0.3, 0.4) is 0 Å². The molecule has 0 unspecified atom stereocenters. The summed E-state index contributed by atoms with van der Waals surface area (Å²) in [6.07, 6.45) is 1.97. The van der Waals surface area contributed by atoms with Crippen LogP contribution in [0.2, 0.25) is 0 Å². The Labute approximate surface area is 155 Å². The van der Waals surface area contributed by atoms with E-state index in [4.69, 9.17) is 0 Å². The van der Waals surface area contributed by atoms with Gasteiger partial charge in [0, 0.05) is 11.7 Å². The van der Waals surface area contributed by atoms with E-state index >= 15 is 0 Å². The van der Waals surface area contributed by atoms with E-state index in [-0.39, 0.29) is 24.2 Å². The van der Waals surface area contributed by atoms with Gasteiger partial charge in [0.1, 0.15) is 6.54 Å². The largest absolute Gasteiger partial charge is 0.346 e. The first-order chi connectivity index (χ1) is 12.5. The molecule has 2 aromatic heterocycles. The molecule has 26 heavy (non-hydrogen) atoms. The van der Waals surface area contributed by atoms with Gasteiger partial charge >= 0.3 is 5.69 Å². The van der Waals surface area contributed by atoms with Crippen molar-refractivity contribution < 1.29 is 4.79 Å². The van der Waals surface area contributed by atoms with E-state index in [1.54, 1.807) is 15.9 Å². The molecule has 134 valence electrons. The highest BCUT2D eigenvalue weighted by Gasteiger charge is 2.31. The van der Waals surface area contributed by atoms with Gasteiger partial charge < -0.3 is 5.32 Å². The third kappa shape index (κ3) is 3.22. The van der Waals surface area contributed by atoms with Gasteiger partial charge in [0.25, 0.3) is 0 Å². The van der Waals surface area contributed by atoms with Crippen LogP contribution in [0.5, 0.6) is 0 Å². The standard InChI is InChI=1S/C19H20N4O2S/c1-12-5-6-13(2)15(10-12)20-17(24)11-22-19(25)23(14-7-8-14)18(21-22)16-4-3-9-26-16/h3-6,9-10,14H,7-8,11H2,1-2H3,(H,20,24). The molecule has 6 nitrogen and oxygen atoms in total. The minimum Gasteiger partial charge on any atom is -0.324 e. The number of anilines is 1. The highest BCUT2D eigenvalue weighted by Crippen LogP contribution is 2.37. The summed E-state index contributed by atoms with van der Waals surface area (Å²) in [7, 11) is 0. The number of rotatable bonds is 5. The molecule has 1 aromatic carbocycles. The summed E-state index contributed by atoms with van der Waals surface area (Å²) in [5.41, 5.74) is 2.61. The lowest BCUT2D eigenvalue weighted by Crippen LogP contribution is -2.30. The summed E-state index contributed by atoms with van der Waals surface area (Å²) in [6, 6.07) is 9.99. The van der Waals surface area contributed by atoms with Gasteiger partial charge in [-0.2, -0.15) is 0 Å². The van der Waals surface area contributed by atoms with Gasteiger partial charge in [0.2, 0.25) is 5.91 Å². The molecule has 1 N–H and O–H groups in total. The van der Waals surface area contributed by atoms with Crippen molar-refractivity contribution in [3.8, 4) is 10.7 Å². The van der Waals surface area contributed by atoms with Crippen molar-refractivity contribution in [2.45, 2.75) is 39.3 Å². The number of carbonyl (C=O) groups is 1. The zero-order valence-corrected chi connectivity index (χ0v) is 15.5. The maximum absolute atomic E-state index is 12.8. The fraction of sp³-hybridized carbons (Fsp3) is 0.316. The summed E-state index contributed by atoms with van der Waals surface area (Å²) < 4.78 is 3.00. The van der Waals surface area contributed by atoms with Crippen molar-refractivity contribution in [1.29, 1.82) is 0 Å². The number of thiophene rings is 1. The molecule has 0 aliphatic heterocycles. The Morgan fingerprint density at radius 3 is 2.81 bits per heavy atom. The molecule has 0 bridgehead atoms. The Morgan fingerprint density at radius 1 is 1.31 bits per heavy atom. The first-order valence-electron chi connectivity index (χ1n) is 8.63. The van der Waals surface area contributed by atoms with E-state index in [0.717, 1.165) is 34.5 Å². The summed E-state index contributed by atoms with van der Waals surface area (Å²) in [5, 5.41) is 9.30. The second-order valence-electron chi connectivity index (χ2n) is 6.71. The number of aryl methyl sites for hydroxylation is 2. The van der Waals surface area contributed by atoms with Crippen molar-refractivity contribution in [2.75, 3.05) is 5.32 Å². The van der Waals surface area contributed by atoms with Crippen LogP contribution in [0.25, 0.3) is 10.7 Å². The van der Waals surface area contributed by atoms with Crippen LogP contribution in [0.4, 0.5) is 5.69 Å². The number of benzene rings is 1. The highest BCUT2D eigenvalue weighted by molar-refractivity contribution is 7.13. The molecule has 0 radical (unpaired) electrons. The number of hydrogen-bond acceptors (Lipinski definition) is 4. The second-order valence-corrected chi connectivity index (χ2v) is 7.66. The van der Waals surface area contributed by atoms with Gasteiger partial charge in [0.05, 0.1) is 4.88 Å². The zero-order valence-electron chi connectivity index (χ0n) is 14.7. The predicted octanol–water partition coefficient (Wildman–Crippen LogP) is 3.36. The van der Waals surface area contributed by atoms with E-state index < -0.39 is 0 Å². The van der Waals surface area contributed by atoms with Crippen molar-refractivity contribution in [3.05, 3.63) is 57.3 Å². The van der Waals surface area contributed by atoms with Crippen LogP contribution < -0.4 is 11.0 Å². The van der Waals surface area contributed by atoms with E-state index in [0.29, 0.717) is 5.82 Å². The van der Waals surface area contributed by atoms with Crippen LogP contribution in [0.15, 0.2) is 40.5 Å². The third-order valence-corrected chi connectivity index (χ3v) is 5.35. The molecule has 0 atom stereocenters. The molecule has 7 heteroatoms. The number of amides is 1. The van der Waals surface area contributed by atoms with Crippen molar-refractivity contribution >= 4 is 22.9 Å². The van der Waals surface area contributed by atoms with Crippen molar-refractivity contribution in [1.82, 2.24) is 14.3 Å². The molecule has 2 heterocycles. The normalized spacial score (nSPS) is 13.8. The Bertz CT molecular complexity index is 1010. The summed E-state index contributed by atoms with van der Waals surface area (Å²) in [4.78, 5) is 26.2. The van der Waals surface area contributed by atoms with Gasteiger partial charge in [-0.15, -0.1) is 16.4 Å². The minimum atomic E-state index is -0.251. The van der Waals surface area contributed by atoms with Crippen LogP contribution >= 0.6 is 11.3 Å². The number of aromatic nitrogens is 3. The third-order valence-electron chi connectivity index (χ3n) is 4.48. The molecule has 3 aromatic rings. The smallest absolute Gasteiger partial charge is 0.324 e. The molecule has 1 amide bonds. The van der Waals surface area contributed by atoms with Crippen LogP contribution in [-0.4, -0.2) is 20.3 Å². The molecule has 1 aliphatic carbocycles. The quantitative estimate of drug-likeness (QED) is 0.751. The molecule has 0 spiro atoms. The summed E-state index contributed by atoms with van der Waals surface area (Å²) >= 11 is 1.55. The maximum Gasteiger partial charge on any atom is 0.346 e. The lowest BCUT2D eigenvalue weighted by atomic mass is 10.1. The fourth-order valence-electron chi connectivity index (χ4n) is 2.96. The predicted molar refractivity (Wildman–Crippen MR) is 103 cm³/mol. The average Bonchev–Trinajstić information content (AvgIpc) is 3.18. The number of hydrogen-bond donors (Lipinski definition) is 1. The first kappa shape index (κ1) is 16.8. The Kier molecular flexibility index (Phi) is 4.24. The lowest BCUT2D eigenvalue weighted by molar-refractivity contribution is -0.117. The van der Waals surface area contributed by atoms with E-state index in [1.807, 2.05) is 49.6 Å². The average molecular weight is 368 g/mol. The molecular formula is C19H20N4O2S. The van der Waals surface area contributed by atoms with E-state index in [2.05, 4.69) is 10.4 Å². The van der Waals surface area contributed by atoms with E-state index in [1.165, 1.54) is 4.68 Å². The molecule has 1 aliphatic rings. The second kappa shape index (κ2) is 6.57. The fourth-order valence-corrected chi connectivity index (χ4v) is 3.66.